The molecule has 0 bridgehead atoms. The van der Waals surface area contributed by atoms with Gasteiger partial charge in [0.25, 0.3) is 5.91 Å². The summed E-state index contributed by atoms with van der Waals surface area (Å²) < 4.78 is 10.4. The van der Waals surface area contributed by atoms with Crippen molar-refractivity contribution in [1.29, 1.82) is 5.26 Å². The molecule has 2 amide bonds. The first kappa shape index (κ1) is 22.0. The predicted molar refractivity (Wildman–Crippen MR) is 105 cm³/mol. The zero-order valence-corrected chi connectivity index (χ0v) is 17.1. The number of carbonyl (C=O) groups excluding carboxylic acids is 3. The topological polar surface area (TPSA) is 99.9 Å². The molecule has 1 heterocycles. The first-order valence-electron chi connectivity index (χ1n) is 9.22. The predicted octanol–water partition coefficient (Wildman–Crippen LogP) is 2.41. The number of nitriles is 1. The average Bonchev–Trinajstić information content (AvgIpc) is 2.70. The molecule has 1 aliphatic rings. The van der Waals surface area contributed by atoms with Crippen LogP contribution in [0.4, 0.5) is 4.79 Å². The summed E-state index contributed by atoms with van der Waals surface area (Å²) in [5.41, 5.74) is -0.486. The van der Waals surface area contributed by atoms with E-state index in [0.29, 0.717) is 24.4 Å². The summed E-state index contributed by atoms with van der Waals surface area (Å²) in [5, 5.41) is 9.35. The Morgan fingerprint density at radius 1 is 1.03 bits per heavy atom. The van der Waals surface area contributed by atoms with Crippen LogP contribution in [0.15, 0.2) is 35.9 Å². The summed E-state index contributed by atoms with van der Waals surface area (Å²) in [4.78, 5) is 40.1. The Morgan fingerprint density at radius 3 is 2.07 bits per heavy atom. The lowest BCUT2D eigenvalue weighted by Gasteiger charge is -2.35. The minimum Gasteiger partial charge on any atom is -0.497 e. The van der Waals surface area contributed by atoms with Gasteiger partial charge >= 0.3 is 6.09 Å². The summed E-state index contributed by atoms with van der Waals surface area (Å²) in [6.45, 7) is 6.47. The summed E-state index contributed by atoms with van der Waals surface area (Å²) in [6, 6.07) is 8.20. The monoisotopic (exact) mass is 399 g/mol. The second-order valence-electron chi connectivity index (χ2n) is 7.52. The number of allylic oxidation sites excluding steroid dienone is 1. The zero-order valence-electron chi connectivity index (χ0n) is 17.1. The van der Waals surface area contributed by atoms with Crippen LogP contribution in [0.2, 0.25) is 0 Å². The number of hydrogen-bond donors (Lipinski definition) is 0. The molecule has 8 nitrogen and oxygen atoms in total. The number of amides is 2. The van der Waals surface area contributed by atoms with Crippen LogP contribution >= 0.6 is 0 Å². The Hall–Kier alpha value is -3.34. The van der Waals surface area contributed by atoms with Crippen LogP contribution in [0.5, 0.6) is 5.75 Å². The van der Waals surface area contributed by atoms with E-state index in [1.165, 1.54) is 16.9 Å². The van der Waals surface area contributed by atoms with E-state index in [4.69, 9.17) is 9.47 Å². The number of ketones is 1. The SMILES string of the molecule is COc1ccc(C(=O)/C=C(\C#N)C(=O)N2CCN(C(=O)OC(C)(C)C)CC2)cc1. The van der Waals surface area contributed by atoms with Crippen molar-refractivity contribution in [2.75, 3.05) is 33.3 Å². The Bertz CT molecular complexity index is 839. The molecule has 0 aromatic heterocycles. The highest BCUT2D eigenvalue weighted by molar-refractivity contribution is 6.11. The summed E-state index contributed by atoms with van der Waals surface area (Å²) in [5.74, 6) is -0.367. The highest BCUT2D eigenvalue weighted by Crippen LogP contribution is 2.15. The van der Waals surface area contributed by atoms with Crippen LogP contribution in [-0.2, 0) is 9.53 Å². The molecule has 1 saturated heterocycles. The van der Waals surface area contributed by atoms with E-state index in [1.807, 2.05) is 0 Å². The Balaban J connectivity index is 2.01. The van der Waals surface area contributed by atoms with Gasteiger partial charge in [-0.15, -0.1) is 0 Å². The Morgan fingerprint density at radius 2 is 1.59 bits per heavy atom. The van der Waals surface area contributed by atoms with Gasteiger partial charge in [0.1, 0.15) is 23.0 Å². The highest BCUT2D eigenvalue weighted by Gasteiger charge is 2.29. The van der Waals surface area contributed by atoms with E-state index in [2.05, 4.69) is 0 Å². The molecule has 1 aromatic carbocycles. The highest BCUT2D eigenvalue weighted by atomic mass is 16.6. The third kappa shape index (κ3) is 6.07. The molecule has 0 saturated carbocycles. The molecule has 1 aliphatic heterocycles. The molecular weight excluding hydrogens is 374 g/mol. The number of hydrogen-bond acceptors (Lipinski definition) is 6. The van der Waals surface area contributed by atoms with Gasteiger partial charge in [0.15, 0.2) is 5.78 Å². The maximum Gasteiger partial charge on any atom is 0.410 e. The minimum atomic E-state index is -0.595. The normalized spacial score (nSPS) is 14.8. The van der Waals surface area contributed by atoms with E-state index in [0.717, 1.165) is 6.08 Å². The number of piperazine rings is 1. The maximum atomic E-state index is 12.6. The molecule has 0 radical (unpaired) electrons. The van der Waals surface area contributed by atoms with Crippen molar-refractivity contribution in [2.45, 2.75) is 26.4 Å². The van der Waals surface area contributed by atoms with Gasteiger partial charge in [0, 0.05) is 37.8 Å². The summed E-state index contributed by atoms with van der Waals surface area (Å²) >= 11 is 0. The molecule has 0 aliphatic carbocycles. The van der Waals surface area contributed by atoms with Crippen molar-refractivity contribution in [3.8, 4) is 11.8 Å². The fourth-order valence-electron chi connectivity index (χ4n) is 2.70. The lowest BCUT2D eigenvalue weighted by molar-refractivity contribution is -0.128. The Kier molecular flexibility index (Phi) is 6.99. The Labute approximate surface area is 170 Å². The molecule has 1 aromatic rings. The molecule has 29 heavy (non-hydrogen) atoms. The molecule has 154 valence electrons. The quantitative estimate of drug-likeness (QED) is 0.438. The van der Waals surface area contributed by atoms with Crippen LogP contribution in [0, 0.1) is 11.3 Å². The number of rotatable bonds is 4. The number of nitrogens with zero attached hydrogens (tertiary/aromatic N) is 3. The van der Waals surface area contributed by atoms with E-state index < -0.39 is 23.4 Å². The lowest BCUT2D eigenvalue weighted by atomic mass is 10.1. The lowest BCUT2D eigenvalue weighted by Crippen LogP contribution is -2.51. The van der Waals surface area contributed by atoms with Crippen LogP contribution in [0.3, 0.4) is 0 Å². The number of methoxy groups -OCH3 is 1. The van der Waals surface area contributed by atoms with Crippen LogP contribution in [0.1, 0.15) is 31.1 Å². The van der Waals surface area contributed by atoms with Gasteiger partial charge in [-0.2, -0.15) is 5.26 Å². The van der Waals surface area contributed by atoms with Crippen molar-refractivity contribution in [3.05, 3.63) is 41.5 Å². The van der Waals surface area contributed by atoms with E-state index in [1.54, 1.807) is 51.1 Å². The molecule has 0 spiro atoms. The van der Waals surface area contributed by atoms with Crippen LogP contribution in [0.25, 0.3) is 0 Å². The fourth-order valence-corrected chi connectivity index (χ4v) is 2.70. The van der Waals surface area contributed by atoms with Gasteiger partial charge in [-0.1, -0.05) is 0 Å². The largest absolute Gasteiger partial charge is 0.497 e. The van der Waals surface area contributed by atoms with Gasteiger partial charge in [0.05, 0.1) is 7.11 Å². The molecular formula is C21H25N3O5. The number of benzene rings is 1. The third-order valence-electron chi connectivity index (χ3n) is 4.22. The van der Waals surface area contributed by atoms with E-state index in [-0.39, 0.29) is 18.7 Å². The van der Waals surface area contributed by atoms with Crippen molar-refractivity contribution < 1.29 is 23.9 Å². The first-order valence-corrected chi connectivity index (χ1v) is 9.22. The van der Waals surface area contributed by atoms with E-state index >= 15 is 0 Å². The van der Waals surface area contributed by atoms with Crippen molar-refractivity contribution in [3.63, 3.8) is 0 Å². The maximum absolute atomic E-state index is 12.6. The smallest absolute Gasteiger partial charge is 0.410 e. The van der Waals surface area contributed by atoms with Crippen LogP contribution in [-0.4, -0.2) is 66.5 Å². The van der Waals surface area contributed by atoms with Crippen LogP contribution < -0.4 is 4.74 Å². The molecule has 0 unspecified atom stereocenters. The number of ether oxygens (including phenoxy) is 2. The molecule has 0 N–H and O–H groups in total. The number of carbonyl (C=O) groups is 3. The summed E-state index contributed by atoms with van der Waals surface area (Å²) in [6.07, 6.45) is 0.611. The van der Waals surface area contributed by atoms with E-state index in [9.17, 15) is 19.6 Å². The second kappa shape index (κ2) is 9.24. The van der Waals surface area contributed by atoms with Crippen molar-refractivity contribution in [2.24, 2.45) is 0 Å². The van der Waals surface area contributed by atoms with Gasteiger partial charge in [-0.25, -0.2) is 4.79 Å². The van der Waals surface area contributed by atoms with Gasteiger partial charge < -0.3 is 19.3 Å². The van der Waals surface area contributed by atoms with Gasteiger partial charge in [-0.3, -0.25) is 9.59 Å². The van der Waals surface area contributed by atoms with Gasteiger partial charge in [0.2, 0.25) is 0 Å². The second-order valence-corrected chi connectivity index (χ2v) is 7.52. The molecule has 8 heteroatoms. The summed E-state index contributed by atoms with van der Waals surface area (Å²) in [7, 11) is 1.52. The first-order chi connectivity index (χ1) is 13.6. The molecule has 0 atom stereocenters. The van der Waals surface area contributed by atoms with Gasteiger partial charge in [-0.05, 0) is 45.0 Å². The molecule has 2 rings (SSSR count). The van der Waals surface area contributed by atoms with Crippen molar-refractivity contribution >= 4 is 17.8 Å². The third-order valence-corrected chi connectivity index (χ3v) is 4.22. The fraction of sp³-hybridized carbons (Fsp3) is 0.429. The minimum absolute atomic E-state index is 0.239. The standard InChI is InChI=1S/C21H25N3O5/c1-21(2,3)29-20(27)24-11-9-23(10-12-24)19(26)16(14-22)13-18(25)15-5-7-17(28-4)8-6-15/h5-8,13H,9-12H2,1-4H3/b16-13+. The van der Waals surface area contributed by atoms with Crippen molar-refractivity contribution in [1.82, 2.24) is 9.80 Å². The molecule has 1 fully saturated rings. The zero-order chi connectivity index (χ0) is 21.6. The average molecular weight is 399 g/mol.